The van der Waals surface area contributed by atoms with E-state index in [2.05, 4.69) is 51.5 Å². The number of hydrogen-bond donors (Lipinski definition) is 0. The maximum atomic E-state index is 3.54. The molecule has 1 nitrogen and oxygen atoms in total. The Morgan fingerprint density at radius 2 is 2.13 bits per heavy atom. The number of alkyl halides is 1. The third-order valence-corrected chi connectivity index (χ3v) is 3.88. The Kier molecular flexibility index (Phi) is 6.53. The van der Waals surface area contributed by atoms with Crippen molar-refractivity contribution in [1.82, 2.24) is 4.90 Å². The first-order valence-electron chi connectivity index (χ1n) is 5.62. The summed E-state index contributed by atoms with van der Waals surface area (Å²) in [4.78, 5) is 2.58. The molecule has 0 saturated heterocycles. The zero-order valence-corrected chi connectivity index (χ0v) is 12.0. The van der Waals surface area contributed by atoms with E-state index >= 15 is 0 Å². The van der Waals surface area contributed by atoms with Crippen molar-refractivity contribution >= 4 is 27.3 Å². The average molecular weight is 290 g/mol. The lowest BCUT2D eigenvalue weighted by Gasteiger charge is -2.29. The van der Waals surface area contributed by atoms with Gasteiger partial charge in [0.2, 0.25) is 0 Å². The minimum Gasteiger partial charge on any atom is -0.295 e. The zero-order valence-electron chi connectivity index (χ0n) is 9.58. The molecule has 0 amide bonds. The summed E-state index contributed by atoms with van der Waals surface area (Å²) in [7, 11) is 0. The van der Waals surface area contributed by atoms with Crippen molar-refractivity contribution in [3.8, 4) is 0 Å². The topological polar surface area (TPSA) is 3.24 Å². The van der Waals surface area contributed by atoms with Gasteiger partial charge in [-0.25, -0.2) is 0 Å². The Balaban J connectivity index is 2.56. The SMILES string of the molecule is CCC(CC)N(CCBr)Cc1ccsc1. The van der Waals surface area contributed by atoms with Crippen molar-refractivity contribution in [2.24, 2.45) is 0 Å². The molecule has 1 heterocycles. The lowest BCUT2D eigenvalue weighted by atomic mass is 10.1. The van der Waals surface area contributed by atoms with Gasteiger partial charge in [0.15, 0.2) is 0 Å². The normalized spacial score (nSPS) is 11.5. The number of halogens is 1. The summed E-state index contributed by atoms with van der Waals surface area (Å²) in [6.45, 7) is 6.80. The monoisotopic (exact) mass is 289 g/mol. The van der Waals surface area contributed by atoms with Gasteiger partial charge in [-0.2, -0.15) is 11.3 Å². The molecule has 0 aliphatic rings. The summed E-state index contributed by atoms with van der Waals surface area (Å²) in [6.07, 6.45) is 2.49. The van der Waals surface area contributed by atoms with Crippen LogP contribution in [0.2, 0.25) is 0 Å². The Hall–Kier alpha value is 0.140. The molecular weight excluding hydrogens is 270 g/mol. The molecule has 86 valence electrons. The lowest BCUT2D eigenvalue weighted by molar-refractivity contribution is 0.189. The van der Waals surface area contributed by atoms with Crippen LogP contribution in [0.3, 0.4) is 0 Å². The fourth-order valence-corrected chi connectivity index (χ4v) is 3.04. The molecule has 0 unspecified atom stereocenters. The molecule has 0 N–H and O–H groups in total. The van der Waals surface area contributed by atoms with Gasteiger partial charge in [-0.3, -0.25) is 4.90 Å². The van der Waals surface area contributed by atoms with Crippen LogP contribution in [-0.2, 0) is 6.54 Å². The largest absolute Gasteiger partial charge is 0.295 e. The lowest BCUT2D eigenvalue weighted by Crippen LogP contribution is -2.35. The van der Waals surface area contributed by atoms with Gasteiger partial charge in [-0.15, -0.1) is 0 Å². The van der Waals surface area contributed by atoms with E-state index in [1.807, 2.05) is 0 Å². The van der Waals surface area contributed by atoms with Crippen molar-refractivity contribution in [3.05, 3.63) is 22.4 Å². The Morgan fingerprint density at radius 1 is 1.40 bits per heavy atom. The third-order valence-electron chi connectivity index (χ3n) is 2.80. The maximum Gasteiger partial charge on any atom is 0.0245 e. The molecule has 0 saturated carbocycles. The summed E-state index contributed by atoms with van der Waals surface area (Å²) < 4.78 is 0. The third kappa shape index (κ3) is 4.25. The molecule has 15 heavy (non-hydrogen) atoms. The summed E-state index contributed by atoms with van der Waals surface area (Å²) in [6, 6.07) is 2.95. The van der Waals surface area contributed by atoms with Gasteiger partial charge in [0.1, 0.15) is 0 Å². The molecule has 1 aromatic rings. The first-order chi connectivity index (χ1) is 7.31. The molecule has 0 spiro atoms. The van der Waals surface area contributed by atoms with Crippen molar-refractivity contribution < 1.29 is 0 Å². The molecule has 0 aliphatic carbocycles. The highest BCUT2D eigenvalue weighted by molar-refractivity contribution is 9.09. The van der Waals surface area contributed by atoms with Crippen LogP contribution in [0.15, 0.2) is 16.8 Å². The first kappa shape index (κ1) is 13.2. The molecule has 1 aromatic heterocycles. The van der Waals surface area contributed by atoms with Crippen LogP contribution >= 0.6 is 27.3 Å². The molecular formula is C12H20BrNS. The van der Waals surface area contributed by atoms with Crippen LogP contribution in [0.1, 0.15) is 32.3 Å². The van der Waals surface area contributed by atoms with E-state index in [1.165, 1.54) is 18.4 Å². The predicted octanol–water partition coefficient (Wildman–Crippen LogP) is 4.13. The van der Waals surface area contributed by atoms with Gasteiger partial charge >= 0.3 is 0 Å². The van der Waals surface area contributed by atoms with Crippen LogP contribution in [0.5, 0.6) is 0 Å². The standard InChI is InChI=1S/C12H20BrNS/c1-3-12(4-2)14(7-6-13)9-11-5-8-15-10-11/h5,8,10,12H,3-4,6-7,9H2,1-2H3. The van der Waals surface area contributed by atoms with E-state index < -0.39 is 0 Å². The second-order valence-corrected chi connectivity index (χ2v) is 5.33. The Morgan fingerprint density at radius 3 is 2.60 bits per heavy atom. The van der Waals surface area contributed by atoms with Gasteiger partial charge in [-0.1, -0.05) is 29.8 Å². The van der Waals surface area contributed by atoms with Crippen LogP contribution in [0, 0.1) is 0 Å². The summed E-state index contributed by atoms with van der Waals surface area (Å²) in [5.41, 5.74) is 1.45. The molecule has 0 fully saturated rings. The number of rotatable bonds is 7. The molecule has 0 aromatic carbocycles. The minimum absolute atomic E-state index is 0.724. The van der Waals surface area contributed by atoms with Gasteiger partial charge < -0.3 is 0 Å². The van der Waals surface area contributed by atoms with Crippen LogP contribution in [0.4, 0.5) is 0 Å². The highest BCUT2D eigenvalue weighted by atomic mass is 79.9. The van der Waals surface area contributed by atoms with Crippen molar-refractivity contribution in [2.75, 3.05) is 11.9 Å². The molecule has 0 radical (unpaired) electrons. The molecule has 0 bridgehead atoms. The van der Waals surface area contributed by atoms with Gasteiger partial charge in [-0.05, 0) is 35.2 Å². The smallest absolute Gasteiger partial charge is 0.0245 e. The molecule has 0 aliphatic heterocycles. The molecule has 3 heteroatoms. The van der Waals surface area contributed by atoms with E-state index in [0.29, 0.717) is 0 Å². The predicted molar refractivity (Wildman–Crippen MR) is 72.9 cm³/mol. The summed E-state index contributed by atoms with van der Waals surface area (Å²) >= 11 is 5.33. The highest BCUT2D eigenvalue weighted by Crippen LogP contribution is 2.15. The first-order valence-corrected chi connectivity index (χ1v) is 7.69. The van der Waals surface area contributed by atoms with E-state index in [4.69, 9.17) is 0 Å². The maximum absolute atomic E-state index is 3.54. The number of hydrogen-bond acceptors (Lipinski definition) is 2. The van der Waals surface area contributed by atoms with E-state index in [1.54, 1.807) is 11.3 Å². The number of thiophene rings is 1. The minimum atomic E-state index is 0.724. The Labute approximate surface area is 106 Å². The van der Waals surface area contributed by atoms with Crippen LogP contribution in [-0.4, -0.2) is 22.8 Å². The highest BCUT2D eigenvalue weighted by Gasteiger charge is 2.14. The van der Waals surface area contributed by atoms with Crippen molar-refractivity contribution in [2.45, 2.75) is 39.3 Å². The second-order valence-electron chi connectivity index (χ2n) is 3.76. The van der Waals surface area contributed by atoms with E-state index in [0.717, 1.165) is 24.5 Å². The van der Waals surface area contributed by atoms with E-state index in [-0.39, 0.29) is 0 Å². The zero-order chi connectivity index (χ0) is 11.1. The summed E-state index contributed by atoms with van der Waals surface area (Å²) in [5, 5.41) is 5.48. The van der Waals surface area contributed by atoms with Crippen molar-refractivity contribution in [1.29, 1.82) is 0 Å². The van der Waals surface area contributed by atoms with Crippen molar-refractivity contribution in [3.63, 3.8) is 0 Å². The second kappa shape index (κ2) is 7.42. The van der Waals surface area contributed by atoms with Crippen LogP contribution < -0.4 is 0 Å². The molecule has 0 atom stereocenters. The van der Waals surface area contributed by atoms with Crippen LogP contribution in [0.25, 0.3) is 0 Å². The van der Waals surface area contributed by atoms with Gasteiger partial charge in [0.05, 0.1) is 0 Å². The quantitative estimate of drug-likeness (QED) is 0.682. The average Bonchev–Trinajstić information content (AvgIpc) is 2.72. The van der Waals surface area contributed by atoms with E-state index in [9.17, 15) is 0 Å². The fourth-order valence-electron chi connectivity index (χ4n) is 1.92. The number of nitrogens with zero attached hydrogens (tertiary/aromatic N) is 1. The fraction of sp³-hybridized carbons (Fsp3) is 0.667. The van der Waals surface area contributed by atoms with Gasteiger partial charge in [0.25, 0.3) is 0 Å². The Bertz CT molecular complexity index is 244. The molecule has 1 rings (SSSR count). The van der Waals surface area contributed by atoms with Gasteiger partial charge in [0, 0.05) is 24.5 Å². The summed E-state index contributed by atoms with van der Waals surface area (Å²) in [5.74, 6) is 0.